The van der Waals surface area contributed by atoms with Gasteiger partial charge in [-0.05, 0) is 13.3 Å². The van der Waals surface area contributed by atoms with Crippen molar-refractivity contribution >= 4 is 16.0 Å². The van der Waals surface area contributed by atoms with Gasteiger partial charge in [0.15, 0.2) is 0 Å². The van der Waals surface area contributed by atoms with E-state index in [1.807, 2.05) is 6.92 Å². The smallest absolute Gasteiger partial charge is 0.325 e. The van der Waals surface area contributed by atoms with Crippen molar-refractivity contribution in [2.45, 2.75) is 37.8 Å². The molecule has 0 saturated carbocycles. The first kappa shape index (κ1) is 14.7. The largest absolute Gasteiger partial charge is 0.480 e. The van der Waals surface area contributed by atoms with Gasteiger partial charge in [-0.2, -0.15) is 9.40 Å². The zero-order valence-electron chi connectivity index (χ0n) is 10.6. The maximum Gasteiger partial charge on any atom is 0.325 e. The van der Waals surface area contributed by atoms with Crippen LogP contribution in [-0.4, -0.2) is 46.7 Å². The van der Waals surface area contributed by atoms with Crippen molar-refractivity contribution in [2.24, 2.45) is 0 Å². The minimum Gasteiger partial charge on any atom is -0.480 e. The number of aliphatic carboxylic acids is 1. The molecule has 1 aromatic rings. The van der Waals surface area contributed by atoms with Crippen LogP contribution in [0.1, 0.15) is 20.3 Å². The Hall–Kier alpha value is -1.41. The van der Waals surface area contributed by atoms with E-state index in [0.717, 1.165) is 10.9 Å². The molecule has 1 aromatic heterocycles. The predicted octanol–water partition coefficient (Wildman–Crippen LogP) is 0.387. The lowest BCUT2D eigenvalue weighted by Gasteiger charge is -2.22. The average Bonchev–Trinajstić information content (AvgIpc) is 2.75. The van der Waals surface area contributed by atoms with Crippen molar-refractivity contribution in [3.63, 3.8) is 0 Å². The Morgan fingerprint density at radius 2 is 2.22 bits per heavy atom. The second-order valence-corrected chi connectivity index (χ2v) is 6.04. The molecule has 8 heteroatoms. The standard InChI is InChI=1S/C10H17N3O4S/c1-4-8(2)12(3)18(16,17)9-5-11-13(6-9)7-10(14)15/h5-6,8H,4,7H2,1-3H3,(H,14,15). The Balaban J connectivity index is 2.99. The molecule has 1 unspecified atom stereocenters. The van der Waals surface area contributed by atoms with E-state index in [1.165, 1.54) is 17.5 Å². The quantitative estimate of drug-likeness (QED) is 0.810. The van der Waals surface area contributed by atoms with Crippen LogP contribution in [-0.2, 0) is 21.4 Å². The molecule has 0 aromatic carbocycles. The van der Waals surface area contributed by atoms with Gasteiger partial charge in [0.2, 0.25) is 10.0 Å². The zero-order chi connectivity index (χ0) is 13.9. The SMILES string of the molecule is CCC(C)N(C)S(=O)(=O)c1cnn(CC(=O)O)c1. The molecule has 0 aliphatic rings. The van der Waals surface area contributed by atoms with E-state index < -0.39 is 16.0 Å². The number of hydrogen-bond acceptors (Lipinski definition) is 4. The Morgan fingerprint density at radius 1 is 1.61 bits per heavy atom. The molecule has 0 radical (unpaired) electrons. The molecule has 1 N–H and O–H groups in total. The molecule has 1 atom stereocenters. The van der Waals surface area contributed by atoms with Gasteiger partial charge in [-0.25, -0.2) is 8.42 Å². The van der Waals surface area contributed by atoms with Crippen molar-refractivity contribution in [3.8, 4) is 0 Å². The van der Waals surface area contributed by atoms with Crippen molar-refractivity contribution in [2.75, 3.05) is 7.05 Å². The fourth-order valence-electron chi connectivity index (χ4n) is 1.36. The van der Waals surface area contributed by atoms with Crippen LogP contribution in [0.3, 0.4) is 0 Å². The molecule has 0 aliphatic carbocycles. The lowest BCUT2D eigenvalue weighted by Crippen LogP contribution is -2.34. The molecular formula is C10H17N3O4S. The Kier molecular flexibility index (Phi) is 4.47. The number of hydrogen-bond donors (Lipinski definition) is 1. The third-order valence-corrected chi connectivity index (χ3v) is 4.72. The van der Waals surface area contributed by atoms with E-state index in [0.29, 0.717) is 6.42 Å². The third kappa shape index (κ3) is 3.08. The van der Waals surface area contributed by atoms with Crippen molar-refractivity contribution < 1.29 is 18.3 Å². The molecule has 102 valence electrons. The summed E-state index contributed by atoms with van der Waals surface area (Å²) in [5.74, 6) is -1.07. The molecule has 0 bridgehead atoms. The van der Waals surface area contributed by atoms with Gasteiger partial charge < -0.3 is 5.11 Å². The third-order valence-electron chi connectivity index (χ3n) is 2.80. The molecule has 0 saturated heterocycles. The second-order valence-electron chi connectivity index (χ2n) is 4.05. The molecule has 0 aliphatic heterocycles. The van der Waals surface area contributed by atoms with Crippen LogP contribution in [0.15, 0.2) is 17.3 Å². The molecule has 18 heavy (non-hydrogen) atoms. The highest BCUT2D eigenvalue weighted by molar-refractivity contribution is 7.89. The van der Waals surface area contributed by atoms with Gasteiger partial charge in [-0.3, -0.25) is 9.48 Å². The van der Waals surface area contributed by atoms with Gasteiger partial charge in [0, 0.05) is 19.3 Å². The fraction of sp³-hybridized carbons (Fsp3) is 0.600. The molecule has 1 heterocycles. The van der Waals surface area contributed by atoms with Gasteiger partial charge in [-0.1, -0.05) is 6.92 Å². The monoisotopic (exact) mass is 275 g/mol. The number of carboxylic acid groups (broad SMARTS) is 1. The lowest BCUT2D eigenvalue weighted by atomic mass is 10.3. The van der Waals surface area contributed by atoms with Crippen LogP contribution >= 0.6 is 0 Å². The minimum atomic E-state index is -3.61. The normalized spacial score (nSPS) is 13.8. The Bertz CT molecular complexity index is 523. The maximum atomic E-state index is 12.2. The molecule has 0 fully saturated rings. The topological polar surface area (TPSA) is 92.5 Å². The summed E-state index contributed by atoms with van der Waals surface area (Å²) in [5.41, 5.74) is 0. The first-order chi connectivity index (χ1) is 8.28. The molecule has 7 nitrogen and oxygen atoms in total. The van der Waals surface area contributed by atoms with Crippen LogP contribution < -0.4 is 0 Å². The van der Waals surface area contributed by atoms with Crippen molar-refractivity contribution in [3.05, 3.63) is 12.4 Å². The molecule has 0 amide bonds. The Labute approximate surface area is 106 Å². The van der Waals surface area contributed by atoms with E-state index in [4.69, 9.17) is 5.11 Å². The summed E-state index contributed by atoms with van der Waals surface area (Å²) in [7, 11) is -2.11. The average molecular weight is 275 g/mol. The number of carboxylic acids is 1. The van der Waals surface area contributed by atoms with Gasteiger partial charge in [0.25, 0.3) is 0 Å². The number of aromatic nitrogens is 2. The highest BCUT2D eigenvalue weighted by Crippen LogP contribution is 2.16. The first-order valence-corrected chi connectivity index (χ1v) is 6.95. The Morgan fingerprint density at radius 3 is 2.72 bits per heavy atom. The molecular weight excluding hydrogens is 258 g/mol. The minimum absolute atomic E-state index is 0.00606. The van der Waals surface area contributed by atoms with Crippen LogP contribution in [0.4, 0.5) is 0 Å². The zero-order valence-corrected chi connectivity index (χ0v) is 11.4. The van der Waals surface area contributed by atoms with Gasteiger partial charge in [-0.15, -0.1) is 0 Å². The fourth-order valence-corrected chi connectivity index (χ4v) is 2.75. The molecule has 0 spiro atoms. The van der Waals surface area contributed by atoms with Crippen LogP contribution in [0, 0.1) is 0 Å². The van der Waals surface area contributed by atoms with E-state index in [1.54, 1.807) is 6.92 Å². The molecule has 1 rings (SSSR count). The van der Waals surface area contributed by atoms with E-state index in [-0.39, 0.29) is 17.5 Å². The highest BCUT2D eigenvalue weighted by Gasteiger charge is 2.25. The highest BCUT2D eigenvalue weighted by atomic mass is 32.2. The van der Waals surface area contributed by atoms with Crippen LogP contribution in [0.2, 0.25) is 0 Å². The summed E-state index contributed by atoms with van der Waals surface area (Å²) in [6.45, 7) is 3.34. The van der Waals surface area contributed by atoms with E-state index in [2.05, 4.69) is 5.10 Å². The summed E-state index contributed by atoms with van der Waals surface area (Å²) in [6.07, 6.45) is 3.08. The van der Waals surface area contributed by atoms with Gasteiger partial charge in [0.05, 0.1) is 6.20 Å². The number of carbonyl (C=O) groups is 1. The van der Waals surface area contributed by atoms with E-state index in [9.17, 15) is 13.2 Å². The number of rotatable bonds is 6. The van der Waals surface area contributed by atoms with Crippen molar-refractivity contribution in [1.29, 1.82) is 0 Å². The van der Waals surface area contributed by atoms with Gasteiger partial charge >= 0.3 is 5.97 Å². The van der Waals surface area contributed by atoms with Crippen LogP contribution in [0.5, 0.6) is 0 Å². The predicted molar refractivity (Wildman–Crippen MR) is 64.6 cm³/mol. The number of nitrogens with zero attached hydrogens (tertiary/aromatic N) is 3. The maximum absolute atomic E-state index is 12.2. The van der Waals surface area contributed by atoms with Crippen molar-refractivity contribution in [1.82, 2.24) is 14.1 Å². The summed E-state index contributed by atoms with van der Waals surface area (Å²) in [6, 6.07) is -0.127. The van der Waals surface area contributed by atoms with Crippen LogP contribution in [0.25, 0.3) is 0 Å². The number of sulfonamides is 1. The second kappa shape index (κ2) is 5.49. The summed E-state index contributed by atoms with van der Waals surface area (Å²) >= 11 is 0. The van der Waals surface area contributed by atoms with Gasteiger partial charge in [0.1, 0.15) is 11.4 Å². The lowest BCUT2D eigenvalue weighted by molar-refractivity contribution is -0.137. The van der Waals surface area contributed by atoms with E-state index >= 15 is 0 Å². The summed E-state index contributed by atoms with van der Waals surface area (Å²) in [5, 5.41) is 12.3. The first-order valence-electron chi connectivity index (χ1n) is 5.51. The summed E-state index contributed by atoms with van der Waals surface area (Å²) in [4.78, 5) is 10.5. The summed E-state index contributed by atoms with van der Waals surface area (Å²) < 4.78 is 26.7.